The molecule has 2 atom stereocenters. The molecule has 1 aliphatic heterocycles. The second-order valence-electron chi connectivity index (χ2n) is 4.38. The highest BCUT2D eigenvalue weighted by Gasteiger charge is 2.36. The molecule has 0 spiro atoms. The number of hydrogen-bond donors (Lipinski definition) is 1. The number of amides is 1. The van der Waals surface area contributed by atoms with E-state index in [1.807, 2.05) is 6.07 Å². The first-order valence-electron chi connectivity index (χ1n) is 6.14. The highest BCUT2D eigenvalue weighted by Crippen LogP contribution is 2.18. The van der Waals surface area contributed by atoms with E-state index in [0.29, 0.717) is 10.8 Å². The fourth-order valence-corrected chi connectivity index (χ4v) is 1.79. The summed E-state index contributed by atoms with van der Waals surface area (Å²) in [6.45, 7) is 1.14. The van der Waals surface area contributed by atoms with Crippen molar-refractivity contribution in [3.8, 4) is 5.75 Å². The molecule has 7 heteroatoms. The standard InChI is InChI=1S/C13H15N2O5/c1-9(16)20-13-11(7-15(13)18)14-12(17)8-19-10-5-3-2-4-6-10/h2-6,11,13H,7-8H2,1H3,(H,14,17)/q-1. The van der Waals surface area contributed by atoms with Gasteiger partial charge in [-0.05, 0) is 12.1 Å². The normalized spacial score (nSPS) is 21.7. The summed E-state index contributed by atoms with van der Waals surface area (Å²) in [6.07, 6.45) is -0.951. The zero-order valence-corrected chi connectivity index (χ0v) is 10.9. The molecule has 20 heavy (non-hydrogen) atoms. The number of para-hydroxylation sites is 1. The van der Waals surface area contributed by atoms with Gasteiger partial charge >= 0.3 is 5.97 Å². The van der Waals surface area contributed by atoms with Crippen LogP contribution in [0.2, 0.25) is 0 Å². The lowest BCUT2D eigenvalue weighted by molar-refractivity contribution is -0.171. The second-order valence-corrected chi connectivity index (χ2v) is 4.38. The minimum absolute atomic E-state index is 0.0923. The molecule has 108 valence electrons. The quantitative estimate of drug-likeness (QED) is 0.777. The predicted octanol–water partition coefficient (Wildman–Crippen LogP) is 0.253. The maximum absolute atomic E-state index is 11.7. The number of carbonyl (C=O) groups is 2. The van der Waals surface area contributed by atoms with E-state index < -0.39 is 18.2 Å². The van der Waals surface area contributed by atoms with Gasteiger partial charge in [-0.1, -0.05) is 18.2 Å². The molecule has 0 aromatic heterocycles. The van der Waals surface area contributed by atoms with Crippen molar-refractivity contribution in [3.63, 3.8) is 0 Å². The number of nitrogens with one attached hydrogen (secondary N) is 1. The third kappa shape index (κ3) is 3.69. The number of hydroxylamine groups is 2. The number of benzene rings is 1. The molecule has 0 radical (unpaired) electrons. The van der Waals surface area contributed by atoms with Crippen LogP contribution < -0.4 is 10.1 Å². The molecular weight excluding hydrogens is 264 g/mol. The van der Waals surface area contributed by atoms with E-state index in [-0.39, 0.29) is 19.1 Å². The average Bonchev–Trinajstić information content (AvgIpc) is 2.43. The van der Waals surface area contributed by atoms with Crippen molar-refractivity contribution in [2.45, 2.75) is 19.2 Å². The largest absolute Gasteiger partial charge is 0.782 e. The van der Waals surface area contributed by atoms with Crippen molar-refractivity contribution in [1.29, 1.82) is 0 Å². The van der Waals surface area contributed by atoms with E-state index in [0.717, 1.165) is 0 Å². The molecule has 1 N–H and O–H groups in total. The van der Waals surface area contributed by atoms with E-state index in [1.54, 1.807) is 24.3 Å². The molecule has 1 aromatic carbocycles. The molecule has 1 amide bonds. The Labute approximate surface area is 116 Å². The van der Waals surface area contributed by atoms with Crippen LogP contribution in [0.3, 0.4) is 0 Å². The van der Waals surface area contributed by atoms with Crippen molar-refractivity contribution in [1.82, 2.24) is 10.4 Å². The Morgan fingerprint density at radius 2 is 2.10 bits per heavy atom. The zero-order valence-electron chi connectivity index (χ0n) is 10.9. The topological polar surface area (TPSA) is 90.9 Å². The third-order valence-corrected chi connectivity index (χ3v) is 2.75. The summed E-state index contributed by atoms with van der Waals surface area (Å²) in [7, 11) is 0. The smallest absolute Gasteiger partial charge is 0.304 e. The minimum atomic E-state index is -0.951. The molecule has 1 aromatic rings. The van der Waals surface area contributed by atoms with Gasteiger partial charge in [-0.2, -0.15) is 0 Å². The SMILES string of the molecule is CC(=O)OC1C(NC(=O)COc2ccccc2)CN1[O-]. The summed E-state index contributed by atoms with van der Waals surface area (Å²) < 4.78 is 10.1. The molecule has 0 aliphatic carbocycles. The molecule has 1 heterocycles. The van der Waals surface area contributed by atoms with Gasteiger partial charge in [0.25, 0.3) is 5.91 Å². The van der Waals surface area contributed by atoms with Gasteiger partial charge in [0.2, 0.25) is 0 Å². The van der Waals surface area contributed by atoms with E-state index in [1.165, 1.54) is 6.92 Å². The van der Waals surface area contributed by atoms with Gasteiger partial charge < -0.3 is 25.1 Å². The lowest BCUT2D eigenvalue weighted by atomic mass is 10.1. The Morgan fingerprint density at radius 1 is 1.40 bits per heavy atom. The van der Waals surface area contributed by atoms with Gasteiger partial charge in [-0.3, -0.25) is 9.59 Å². The highest BCUT2D eigenvalue weighted by atomic mass is 16.6. The fraction of sp³-hybridized carbons (Fsp3) is 0.385. The molecule has 2 rings (SSSR count). The maximum Gasteiger partial charge on any atom is 0.304 e. The van der Waals surface area contributed by atoms with Gasteiger partial charge in [-0.25, -0.2) is 0 Å². The Hall–Kier alpha value is -2.12. The Morgan fingerprint density at radius 3 is 2.70 bits per heavy atom. The first-order chi connectivity index (χ1) is 9.56. The number of carbonyl (C=O) groups excluding carboxylic acids is 2. The van der Waals surface area contributed by atoms with Gasteiger partial charge in [0.1, 0.15) is 5.75 Å². The minimum Gasteiger partial charge on any atom is -0.782 e. The Kier molecular flexibility index (Phi) is 4.54. The van der Waals surface area contributed by atoms with Crippen LogP contribution in [-0.4, -0.2) is 42.4 Å². The van der Waals surface area contributed by atoms with Crippen molar-refractivity contribution in [2.75, 3.05) is 13.2 Å². The molecular formula is C13H15N2O5-. The first-order valence-corrected chi connectivity index (χ1v) is 6.14. The molecule has 1 saturated heterocycles. The summed E-state index contributed by atoms with van der Waals surface area (Å²) >= 11 is 0. The van der Waals surface area contributed by atoms with Gasteiger partial charge in [0.15, 0.2) is 12.8 Å². The second kappa shape index (κ2) is 6.36. The molecule has 2 unspecified atom stereocenters. The monoisotopic (exact) mass is 279 g/mol. The Balaban J connectivity index is 1.76. The van der Waals surface area contributed by atoms with E-state index in [9.17, 15) is 14.8 Å². The summed E-state index contributed by atoms with van der Waals surface area (Å²) in [5.41, 5.74) is 0. The summed E-state index contributed by atoms with van der Waals surface area (Å²) in [4.78, 5) is 22.5. The van der Waals surface area contributed by atoms with Crippen LogP contribution in [0.25, 0.3) is 0 Å². The zero-order chi connectivity index (χ0) is 14.5. The number of ether oxygens (including phenoxy) is 2. The van der Waals surface area contributed by atoms with Gasteiger partial charge in [-0.15, -0.1) is 0 Å². The number of rotatable bonds is 5. The van der Waals surface area contributed by atoms with Crippen molar-refractivity contribution in [3.05, 3.63) is 35.5 Å². The lowest BCUT2D eigenvalue weighted by Gasteiger charge is -2.51. The predicted molar refractivity (Wildman–Crippen MR) is 69.5 cm³/mol. The number of hydrogen-bond acceptors (Lipinski definition) is 6. The van der Waals surface area contributed by atoms with E-state index in [2.05, 4.69) is 5.32 Å². The van der Waals surface area contributed by atoms with Crippen LogP contribution in [0.5, 0.6) is 5.75 Å². The summed E-state index contributed by atoms with van der Waals surface area (Å²) in [5, 5.41) is 14.4. The first kappa shape index (κ1) is 14.3. The summed E-state index contributed by atoms with van der Waals surface area (Å²) in [6, 6.07) is 8.41. The average molecular weight is 279 g/mol. The van der Waals surface area contributed by atoms with E-state index in [4.69, 9.17) is 9.47 Å². The van der Waals surface area contributed by atoms with Crippen LogP contribution in [-0.2, 0) is 14.3 Å². The maximum atomic E-state index is 11.7. The highest BCUT2D eigenvalue weighted by molar-refractivity contribution is 5.78. The molecule has 7 nitrogen and oxygen atoms in total. The van der Waals surface area contributed by atoms with Crippen LogP contribution in [0.4, 0.5) is 0 Å². The van der Waals surface area contributed by atoms with Crippen molar-refractivity contribution in [2.24, 2.45) is 0 Å². The fourth-order valence-electron chi connectivity index (χ4n) is 1.79. The number of esters is 1. The third-order valence-electron chi connectivity index (χ3n) is 2.75. The summed E-state index contributed by atoms with van der Waals surface area (Å²) in [5.74, 6) is -0.349. The Bertz CT molecular complexity index is 479. The van der Waals surface area contributed by atoms with Crippen LogP contribution in [0.1, 0.15) is 6.92 Å². The molecule has 0 bridgehead atoms. The molecule has 1 fully saturated rings. The van der Waals surface area contributed by atoms with Crippen molar-refractivity contribution < 1.29 is 19.1 Å². The number of nitrogens with zero attached hydrogens (tertiary/aromatic N) is 1. The van der Waals surface area contributed by atoms with Crippen LogP contribution in [0.15, 0.2) is 30.3 Å². The van der Waals surface area contributed by atoms with E-state index >= 15 is 0 Å². The van der Waals surface area contributed by atoms with Crippen LogP contribution >= 0.6 is 0 Å². The van der Waals surface area contributed by atoms with Gasteiger partial charge in [0.05, 0.1) is 6.04 Å². The van der Waals surface area contributed by atoms with Gasteiger partial charge in [0, 0.05) is 13.5 Å². The van der Waals surface area contributed by atoms with Crippen molar-refractivity contribution >= 4 is 11.9 Å². The lowest BCUT2D eigenvalue weighted by Crippen LogP contribution is -2.66. The van der Waals surface area contributed by atoms with Crippen LogP contribution in [0, 0.1) is 5.21 Å². The molecule has 1 aliphatic rings. The molecule has 0 saturated carbocycles.